The van der Waals surface area contributed by atoms with Crippen LogP contribution in [0.15, 0.2) is 29.2 Å². The van der Waals surface area contributed by atoms with E-state index in [1.807, 2.05) is 38.1 Å². The number of carbonyl (C=O) groups is 2. The monoisotopic (exact) mass is 405 g/mol. The SMILES string of the molecule is CC(COc1ccc(/C=C2\SC(=O)NC2=O)cc1)[C@@H]1OC[C@H]2OC(C)(C)O[C@H]21. The largest absolute Gasteiger partial charge is 0.493 e. The molecule has 0 saturated carbocycles. The molecule has 4 atom stereocenters. The Balaban J connectivity index is 1.32. The van der Waals surface area contributed by atoms with Gasteiger partial charge in [0.25, 0.3) is 11.1 Å². The number of imide groups is 1. The maximum absolute atomic E-state index is 11.6. The van der Waals surface area contributed by atoms with Crippen molar-refractivity contribution in [3.63, 3.8) is 0 Å². The van der Waals surface area contributed by atoms with Crippen LogP contribution < -0.4 is 10.1 Å². The molecule has 4 rings (SSSR count). The lowest BCUT2D eigenvalue weighted by Gasteiger charge is -2.25. The average Bonchev–Trinajstić information content (AvgIpc) is 3.25. The number of benzene rings is 1. The molecule has 3 aliphatic rings. The molecule has 3 fully saturated rings. The molecule has 3 saturated heterocycles. The summed E-state index contributed by atoms with van der Waals surface area (Å²) in [4.78, 5) is 23.2. The van der Waals surface area contributed by atoms with Crippen LogP contribution in [0.1, 0.15) is 26.3 Å². The van der Waals surface area contributed by atoms with Crippen molar-refractivity contribution in [1.82, 2.24) is 5.32 Å². The Morgan fingerprint density at radius 3 is 2.71 bits per heavy atom. The molecule has 1 N–H and O–H groups in total. The van der Waals surface area contributed by atoms with Gasteiger partial charge in [0.1, 0.15) is 18.0 Å². The van der Waals surface area contributed by atoms with Gasteiger partial charge in [-0.25, -0.2) is 0 Å². The summed E-state index contributed by atoms with van der Waals surface area (Å²) < 4.78 is 23.6. The fourth-order valence-electron chi connectivity index (χ4n) is 3.61. The number of thioether (sulfide) groups is 1. The Morgan fingerprint density at radius 2 is 2.04 bits per heavy atom. The Hall–Kier alpha value is -1.87. The van der Waals surface area contributed by atoms with E-state index < -0.39 is 5.79 Å². The maximum atomic E-state index is 11.6. The van der Waals surface area contributed by atoms with Gasteiger partial charge in [-0.1, -0.05) is 19.1 Å². The second kappa shape index (κ2) is 7.51. The number of hydrogen-bond acceptors (Lipinski definition) is 7. The molecule has 7 nitrogen and oxygen atoms in total. The summed E-state index contributed by atoms with van der Waals surface area (Å²) in [6.45, 7) is 6.95. The van der Waals surface area contributed by atoms with Crippen LogP contribution in [-0.2, 0) is 19.0 Å². The zero-order valence-corrected chi connectivity index (χ0v) is 16.8. The minimum atomic E-state index is -0.568. The van der Waals surface area contributed by atoms with E-state index in [0.29, 0.717) is 18.1 Å². The summed E-state index contributed by atoms with van der Waals surface area (Å²) in [5, 5.41) is 1.89. The molecular formula is C20H23NO6S. The minimum absolute atomic E-state index is 0.0210. The summed E-state index contributed by atoms with van der Waals surface area (Å²) in [7, 11) is 0. The third kappa shape index (κ3) is 4.10. The van der Waals surface area contributed by atoms with E-state index in [2.05, 4.69) is 12.2 Å². The van der Waals surface area contributed by atoms with Gasteiger partial charge in [0.15, 0.2) is 5.79 Å². The number of hydrogen-bond donors (Lipinski definition) is 1. The molecule has 0 radical (unpaired) electrons. The molecule has 2 amide bonds. The number of carbonyl (C=O) groups excluding carboxylic acids is 2. The van der Waals surface area contributed by atoms with Crippen molar-refractivity contribution in [3.05, 3.63) is 34.7 Å². The minimum Gasteiger partial charge on any atom is -0.493 e. The van der Waals surface area contributed by atoms with E-state index in [1.54, 1.807) is 6.08 Å². The number of ether oxygens (including phenoxy) is 4. The van der Waals surface area contributed by atoms with Crippen LogP contribution in [0, 0.1) is 5.92 Å². The smallest absolute Gasteiger partial charge is 0.290 e. The number of fused-ring (bicyclic) bond motifs is 1. The summed E-state index contributed by atoms with van der Waals surface area (Å²) in [6, 6.07) is 7.38. The quantitative estimate of drug-likeness (QED) is 0.754. The zero-order chi connectivity index (χ0) is 19.9. The van der Waals surface area contributed by atoms with E-state index in [1.165, 1.54) is 0 Å². The lowest BCUT2D eigenvalue weighted by Crippen LogP contribution is -2.36. The highest BCUT2D eigenvalue weighted by Crippen LogP contribution is 2.37. The third-order valence-electron chi connectivity index (χ3n) is 4.89. The summed E-state index contributed by atoms with van der Waals surface area (Å²) in [5.41, 5.74) is 0.827. The fourth-order valence-corrected chi connectivity index (χ4v) is 4.30. The van der Waals surface area contributed by atoms with Crippen molar-refractivity contribution in [2.75, 3.05) is 13.2 Å². The Morgan fingerprint density at radius 1 is 1.29 bits per heavy atom. The van der Waals surface area contributed by atoms with Crippen LogP contribution in [0.5, 0.6) is 5.75 Å². The van der Waals surface area contributed by atoms with Crippen molar-refractivity contribution in [2.24, 2.45) is 5.92 Å². The molecule has 1 aromatic carbocycles. The first-order chi connectivity index (χ1) is 13.3. The van der Waals surface area contributed by atoms with Crippen LogP contribution in [0.4, 0.5) is 4.79 Å². The molecule has 0 spiro atoms. The first kappa shape index (κ1) is 19.4. The van der Waals surface area contributed by atoms with Gasteiger partial charge in [-0.2, -0.15) is 0 Å². The molecule has 1 aromatic rings. The van der Waals surface area contributed by atoms with Gasteiger partial charge < -0.3 is 18.9 Å². The topological polar surface area (TPSA) is 83.1 Å². The van der Waals surface area contributed by atoms with Crippen LogP contribution in [0.3, 0.4) is 0 Å². The summed E-state index contributed by atoms with van der Waals surface area (Å²) in [5.74, 6) is -0.0622. The normalized spacial score (nSPS) is 31.1. The predicted octanol–water partition coefficient (Wildman–Crippen LogP) is 2.94. The van der Waals surface area contributed by atoms with Crippen molar-refractivity contribution in [1.29, 1.82) is 0 Å². The second-order valence-corrected chi connectivity index (χ2v) is 8.66. The molecule has 150 valence electrons. The summed E-state index contributed by atoms with van der Waals surface area (Å²) >= 11 is 0.903. The van der Waals surface area contributed by atoms with Crippen molar-refractivity contribution in [3.8, 4) is 5.75 Å². The molecule has 3 heterocycles. The van der Waals surface area contributed by atoms with Gasteiger partial charge >= 0.3 is 0 Å². The highest BCUT2D eigenvalue weighted by molar-refractivity contribution is 8.18. The van der Waals surface area contributed by atoms with E-state index in [4.69, 9.17) is 18.9 Å². The van der Waals surface area contributed by atoms with Gasteiger partial charge in [0.05, 0.1) is 24.2 Å². The van der Waals surface area contributed by atoms with Crippen LogP contribution in [0.2, 0.25) is 0 Å². The van der Waals surface area contributed by atoms with Crippen LogP contribution in [0.25, 0.3) is 6.08 Å². The first-order valence-electron chi connectivity index (χ1n) is 9.26. The van der Waals surface area contributed by atoms with E-state index in [0.717, 1.165) is 23.1 Å². The average molecular weight is 405 g/mol. The lowest BCUT2D eigenvalue weighted by molar-refractivity contribution is -0.180. The predicted molar refractivity (Wildman–Crippen MR) is 104 cm³/mol. The molecule has 28 heavy (non-hydrogen) atoms. The Bertz CT molecular complexity index is 805. The Kier molecular flexibility index (Phi) is 5.22. The number of nitrogens with one attached hydrogen (secondary N) is 1. The zero-order valence-electron chi connectivity index (χ0n) is 16.0. The van der Waals surface area contributed by atoms with Crippen molar-refractivity contribution >= 4 is 29.0 Å². The first-order valence-corrected chi connectivity index (χ1v) is 10.1. The van der Waals surface area contributed by atoms with Gasteiger partial charge in [-0.3, -0.25) is 14.9 Å². The van der Waals surface area contributed by atoms with Crippen molar-refractivity contribution in [2.45, 2.75) is 44.9 Å². The molecular weight excluding hydrogens is 382 g/mol. The van der Waals surface area contributed by atoms with Gasteiger partial charge in [0, 0.05) is 5.92 Å². The van der Waals surface area contributed by atoms with Gasteiger partial charge in [-0.15, -0.1) is 0 Å². The Labute approximate surface area is 167 Å². The van der Waals surface area contributed by atoms with Gasteiger partial charge in [0.2, 0.25) is 0 Å². The third-order valence-corrected chi connectivity index (χ3v) is 5.70. The maximum Gasteiger partial charge on any atom is 0.290 e. The summed E-state index contributed by atoms with van der Waals surface area (Å²) in [6.07, 6.45) is 1.53. The molecule has 0 aromatic heterocycles. The molecule has 8 heteroatoms. The molecule has 0 bridgehead atoms. The molecule has 0 aliphatic carbocycles. The molecule has 1 unspecified atom stereocenters. The van der Waals surface area contributed by atoms with E-state index >= 15 is 0 Å². The van der Waals surface area contributed by atoms with Crippen molar-refractivity contribution < 1.29 is 28.5 Å². The van der Waals surface area contributed by atoms with E-state index in [-0.39, 0.29) is 35.4 Å². The van der Waals surface area contributed by atoms with Crippen LogP contribution >= 0.6 is 11.8 Å². The molecule has 3 aliphatic heterocycles. The van der Waals surface area contributed by atoms with E-state index in [9.17, 15) is 9.59 Å². The highest BCUT2D eigenvalue weighted by Gasteiger charge is 2.51. The second-order valence-electron chi connectivity index (χ2n) is 7.65. The highest BCUT2D eigenvalue weighted by atomic mass is 32.2. The number of amides is 2. The van der Waals surface area contributed by atoms with Gasteiger partial charge in [-0.05, 0) is 49.4 Å². The number of rotatable bonds is 5. The standard InChI is InChI=1S/C20H23NO6S/c1-11(16-17-14(10-25-16)26-20(2,3)27-17)9-24-13-6-4-12(5-7-13)8-15-18(22)21-19(23)28-15/h4-8,11,14,16-17H,9-10H2,1-3H3,(H,21,22,23)/b15-8-/t11?,14-,16+,17-/m1/s1. The lowest BCUT2D eigenvalue weighted by atomic mass is 9.99. The fraction of sp³-hybridized carbons (Fsp3) is 0.500. The van der Waals surface area contributed by atoms with Crippen LogP contribution in [-0.4, -0.2) is 48.5 Å².